The Balaban J connectivity index is 2.31. The summed E-state index contributed by atoms with van der Waals surface area (Å²) < 4.78 is 0. The molecular formula is C6H8N2O3. The third-order valence-corrected chi connectivity index (χ3v) is 1.40. The minimum Gasteiger partial charge on any atom is -0.481 e. The second-order valence-corrected chi connectivity index (χ2v) is 2.23. The largest absolute Gasteiger partial charge is 0.481 e. The summed E-state index contributed by atoms with van der Waals surface area (Å²) in [5.41, 5.74) is 0. The van der Waals surface area contributed by atoms with Crippen LogP contribution >= 0.6 is 0 Å². The van der Waals surface area contributed by atoms with Gasteiger partial charge in [0.05, 0.1) is 6.34 Å². The molecule has 60 valence electrons. The van der Waals surface area contributed by atoms with Crippen LogP contribution in [0.2, 0.25) is 0 Å². The van der Waals surface area contributed by atoms with Crippen molar-refractivity contribution in [3.05, 3.63) is 0 Å². The van der Waals surface area contributed by atoms with Gasteiger partial charge in [0, 0.05) is 6.42 Å². The second kappa shape index (κ2) is 3.14. The molecule has 0 spiro atoms. The van der Waals surface area contributed by atoms with E-state index in [9.17, 15) is 9.59 Å². The number of carboxylic acids is 1. The number of nitrogens with one attached hydrogen (secondary N) is 1. The molecule has 5 nitrogen and oxygen atoms in total. The predicted octanol–water partition coefficient (Wildman–Crippen LogP) is -0.622. The molecule has 0 aromatic heterocycles. The Bertz CT molecular complexity index is 212. The van der Waals surface area contributed by atoms with Crippen LogP contribution in [0.3, 0.4) is 0 Å². The number of carbonyl (C=O) groups excluding carboxylic acids is 1. The standard InChI is InChI=1S/C6H8N2O3/c9-5(10)2-1-4-6(11)8-3-7-4/h3-4H,1-2H2,(H,9,10)(H,7,8,11)/t4-/m1/s1. The van der Waals surface area contributed by atoms with Crippen LogP contribution in [-0.4, -0.2) is 29.4 Å². The summed E-state index contributed by atoms with van der Waals surface area (Å²) in [6, 6.07) is -0.494. The Morgan fingerprint density at radius 1 is 1.82 bits per heavy atom. The maximum Gasteiger partial charge on any atom is 0.303 e. The SMILES string of the molecule is O=C(O)CC[C@H]1N=CNC1=O. The number of hydrogen-bond donors (Lipinski definition) is 2. The van der Waals surface area contributed by atoms with Crippen LogP contribution in [-0.2, 0) is 9.59 Å². The summed E-state index contributed by atoms with van der Waals surface area (Å²) in [7, 11) is 0. The fourth-order valence-electron chi connectivity index (χ4n) is 0.821. The fourth-order valence-corrected chi connectivity index (χ4v) is 0.821. The molecule has 0 saturated carbocycles. The third-order valence-electron chi connectivity index (χ3n) is 1.40. The third kappa shape index (κ3) is 2.03. The lowest BCUT2D eigenvalue weighted by atomic mass is 10.1. The molecule has 1 heterocycles. The van der Waals surface area contributed by atoms with E-state index in [1.165, 1.54) is 6.34 Å². The molecule has 2 N–H and O–H groups in total. The lowest BCUT2D eigenvalue weighted by Gasteiger charge is -2.00. The van der Waals surface area contributed by atoms with Crippen LogP contribution in [0, 0.1) is 0 Å². The van der Waals surface area contributed by atoms with E-state index < -0.39 is 12.0 Å². The van der Waals surface area contributed by atoms with Gasteiger partial charge >= 0.3 is 5.97 Å². The van der Waals surface area contributed by atoms with Gasteiger partial charge in [-0.1, -0.05) is 0 Å². The molecule has 0 unspecified atom stereocenters. The van der Waals surface area contributed by atoms with Gasteiger partial charge in [0.1, 0.15) is 6.04 Å². The molecule has 0 radical (unpaired) electrons. The molecular weight excluding hydrogens is 148 g/mol. The van der Waals surface area contributed by atoms with E-state index in [-0.39, 0.29) is 18.7 Å². The molecule has 11 heavy (non-hydrogen) atoms. The molecule has 5 heteroatoms. The summed E-state index contributed by atoms with van der Waals surface area (Å²) in [6.45, 7) is 0. The van der Waals surface area contributed by atoms with Crippen LogP contribution in [0.15, 0.2) is 4.99 Å². The molecule has 1 amide bonds. The highest BCUT2D eigenvalue weighted by molar-refractivity contribution is 5.96. The average molecular weight is 156 g/mol. The first-order valence-corrected chi connectivity index (χ1v) is 3.24. The Kier molecular flexibility index (Phi) is 2.20. The van der Waals surface area contributed by atoms with E-state index in [1.807, 2.05) is 0 Å². The van der Waals surface area contributed by atoms with Gasteiger partial charge in [-0.2, -0.15) is 0 Å². The van der Waals surface area contributed by atoms with Gasteiger partial charge in [0.15, 0.2) is 0 Å². The van der Waals surface area contributed by atoms with Gasteiger partial charge in [0.2, 0.25) is 5.91 Å². The lowest BCUT2D eigenvalue weighted by molar-refractivity contribution is -0.137. The van der Waals surface area contributed by atoms with E-state index in [2.05, 4.69) is 10.3 Å². The zero-order valence-corrected chi connectivity index (χ0v) is 5.78. The van der Waals surface area contributed by atoms with E-state index in [4.69, 9.17) is 5.11 Å². The van der Waals surface area contributed by atoms with Crippen molar-refractivity contribution in [3.8, 4) is 0 Å². The number of hydrogen-bond acceptors (Lipinski definition) is 3. The maximum atomic E-state index is 10.8. The van der Waals surface area contributed by atoms with Crippen molar-refractivity contribution in [2.75, 3.05) is 0 Å². The van der Waals surface area contributed by atoms with E-state index >= 15 is 0 Å². The van der Waals surface area contributed by atoms with E-state index in [0.29, 0.717) is 0 Å². The quantitative estimate of drug-likeness (QED) is 0.571. The first-order valence-electron chi connectivity index (χ1n) is 3.24. The van der Waals surface area contributed by atoms with Crippen molar-refractivity contribution in [3.63, 3.8) is 0 Å². The highest BCUT2D eigenvalue weighted by Gasteiger charge is 2.20. The van der Waals surface area contributed by atoms with Gasteiger partial charge in [-0.15, -0.1) is 0 Å². The van der Waals surface area contributed by atoms with Crippen molar-refractivity contribution in [1.29, 1.82) is 0 Å². The van der Waals surface area contributed by atoms with Gasteiger partial charge in [0.25, 0.3) is 0 Å². The Hall–Kier alpha value is -1.39. The highest BCUT2D eigenvalue weighted by Crippen LogP contribution is 2.04. The van der Waals surface area contributed by atoms with Crippen LogP contribution in [0.25, 0.3) is 0 Å². The zero-order valence-electron chi connectivity index (χ0n) is 5.78. The van der Waals surface area contributed by atoms with Crippen molar-refractivity contribution in [2.24, 2.45) is 4.99 Å². The van der Waals surface area contributed by atoms with Crippen molar-refractivity contribution in [2.45, 2.75) is 18.9 Å². The van der Waals surface area contributed by atoms with Crippen molar-refractivity contribution < 1.29 is 14.7 Å². The number of aliphatic carboxylic acids is 1. The highest BCUT2D eigenvalue weighted by atomic mass is 16.4. The molecule has 1 aliphatic heterocycles. The molecule has 0 fully saturated rings. The molecule has 1 aliphatic rings. The monoisotopic (exact) mass is 156 g/mol. The van der Waals surface area contributed by atoms with Crippen LogP contribution in [0.4, 0.5) is 0 Å². The summed E-state index contributed by atoms with van der Waals surface area (Å²) in [5.74, 6) is -1.12. The van der Waals surface area contributed by atoms with Crippen LogP contribution in [0.1, 0.15) is 12.8 Å². The van der Waals surface area contributed by atoms with Gasteiger partial charge in [-0.25, -0.2) is 0 Å². The van der Waals surface area contributed by atoms with Crippen molar-refractivity contribution in [1.82, 2.24) is 5.32 Å². The van der Waals surface area contributed by atoms with Gasteiger partial charge in [-0.3, -0.25) is 14.6 Å². The van der Waals surface area contributed by atoms with Gasteiger partial charge in [-0.05, 0) is 6.42 Å². The molecule has 0 bridgehead atoms. The number of carboxylic acid groups (broad SMARTS) is 1. The molecule has 1 rings (SSSR count). The van der Waals surface area contributed by atoms with Crippen molar-refractivity contribution >= 4 is 18.2 Å². The normalized spacial score (nSPS) is 21.8. The zero-order chi connectivity index (χ0) is 8.27. The van der Waals surface area contributed by atoms with E-state index in [0.717, 1.165) is 0 Å². The summed E-state index contributed by atoms with van der Waals surface area (Å²) in [5, 5.41) is 10.6. The number of aliphatic imine (C=N–C) groups is 1. The molecule has 0 saturated heterocycles. The molecule has 0 aromatic rings. The lowest BCUT2D eigenvalue weighted by Crippen LogP contribution is -2.25. The number of carbonyl (C=O) groups is 2. The maximum absolute atomic E-state index is 10.8. The Morgan fingerprint density at radius 3 is 3.00 bits per heavy atom. The van der Waals surface area contributed by atoms with Gasteiger partial charge < -0.3 is 10.4 Å². The predicted molar refractivity (Wildman–Crippen MR) is 37.3 cm³/mol. The number of nitrogens with zero attached hydrogens (tertiary/aromatic N) is 1. The van der Waals surface area contributed by atoms with E-state index in [1.54, 1.807) is 0 Å². The molecule has 0 aliphatic carbocycles. The number of rotatable bonds is 3. The first kappa shape index (κ1) is 7.71. The second-order valence-electron chi connectivity index (χ2n) is 2.23. The summed E-state index contributed by atoms with van der Waals surface area (Å²) >= 11 is 0. The topological polar surface area (TPSA) is 78.8 Å². The smallest absolute Gasteiger partial charge is 0.303 e. The molecule has 0 aromatic carbocycles. The first-order chi connectivity index (χ1) is 5.20. The summed E-state index contributed by atoms with van der Waals surface area (Å²) in [6.07, 6.45) is 1.56. The summed E-state index contributed by atoms with van der Waals surface area (Å²) in [4.78, 5) is 24.6. The fraction of sp³-hybridized carbons (Fsp3) is 0.500. The average Bonchev–Trinajstić information content (AvgIpc) is 2.31. The van der Waals surface area contributed by atoms with Crippen LogP contribution in [0.5, 0.6) is 0 Å². The Morgan fingerprint density at radius 2 is 2.55 bits per heavy atom. The minimum absolute atomic E-state index is 0.0184. The number of amides is 1. The molecule has 1 atom stereocenters. The minimum atomic E-state index is -0.903. The van der Waals surface area contributed by atoms with Crippen LogP contribution < -0.4 is 5.32 Å². The Labute approximate surface area is 63.1 Å².